The fourth-order valence-corrected chi connectivity index (χ4v) is 1.62. The van der Waals surface area contributed by atoms with Gasteiger partial charge in [0.1, 0.15) is 6.61 Å². The molecule has 0 N–H and O–H groups in total. The van der Waals surface area contributed by atoms with Crippen LogP contribution in [0.25, 0.3) is 0 Å². The Hall–Kier alpha value is -1.10. The van der Waals surface area contributed by atoms with Crippen LogP contribution < -0.4 is 0 Å². The molecule has 0 heterocycles. The van der Waals surface area contributed by atoms with E-state index in [0.717, 1.165) is 5.56 Å². The minimum Gasteiger partial charge on any atom is -0.382 e. The molecule has 0 saturated carbocycles. The molecule has 18 heavy (non-hydrogen) atoms. The summed E-state index contributed by atoms with van der Waals surface area (Å²) in [4.78, 5) is 13.3. The van der Waals surface area contributed by atoms with Gasteiger partial charge in [0.15, 0.2) is 0 Å². The Bertz CT molecular complexity index is 384. The first-order chi connectivity index (χ1) is 8.63. The summed E-state index contributed by atoms with van der Waals surface area (Å²) >= 11 is 5.88. The van der Waals surface area contributed by atoms with Crippen LogP contribution in [0, 0.1) is 0 Å². The molecule has 5 heteroatoms. The normalized spacial score (nSPS) is 10.4. The molecule has 0 atom stereocenters. The van der Waals surface area contributed by atoms with Gasteiger partial charge in [-0.15, -0.1) is 0 Å². The quantitative estimate of drug-likeness (QED) is 0.712. The second-order valence-corrected chi connectivity index (χ2v) is 4.36. The molecule has 0 spiro atoms. The van der Waals surface area contributed by atoms with E-state index in [2.05, 4.69) is 0 Å². The van der Waals surface area contributed by atoms with Gasteiger partial charge in [0.2, 0.25) is 5.91 Å². The van der Waals surface area contributed by atoms with E-state index in [-0.39, 0.29) is 12.5 Å². The molecule has 1 amide bonds. The molecule has 1 rings (SSSR count). The molecule has 0 aliphatic heterocycles. The maximum atomic E-state index is 11.7. The Balaban J connectivity index is 2.35. The first-order valence-electron chi connectivity index (χ1n) is 5.68. The largest absolute Gasteiger partial charge is 0.382 e. The number of nitrogens with zero attached hydrogens (tertiary/aromatic N) is 1. The van der Waals surface area contributed by atoms with Crippen LogP contribution in [0.5, 0.6) is 0 Å². The summed E-state index contributed by atoms with van der Waals surface area (Å²) < 4.78 is 10.0. The van der Waals surface area contributed by atoms with E-state index in [0.29, 0.717) is 24.8 Å². The molecule has 100 valence electrons. The number of hydrogen-bond donors (Lipinski definition) is 0. The zero-order chi connectivity index (χ0) is 13.4. The summed E-state index contributed by atoms with van der Waals surface area (Å²) in [7, 11) is 3.33. The number of carbonyl (C=O) groups excluding carboxylic acids is 1. The molecule has 0 saturated heterocycles. The lowest BCUT2D eigenvalue weighted by molar-refractivity contribution is -0.135. The van der Waals surface area contributed by atoms with Crippen LogP contribution in [0.15, 0.2) is 24.3 Å². The number of benzene rings is 1. The molecule has 1 aromatic rings. The molecule has 0 unspecified atom stereocenters. The van der Waals surface area contributed by atoms with Crippen molar-refractivity contribution in [1.82, 2.24) is 4.90 Å². The topological polar surface area (TPSA) is 38.8 Å². The lowest BCUT2D eigenvalue weighted by Crippen LogP contribution is -2.30. The van der Waals surface area contributed by atoms with Crippen LogP contribution in [0.2, 0.25) is 5.02 Å². The predicted molar refractivity (Wildman–Crippen MR) is 70.6 cm³/mol. The van der Waals surface area contributed by atoms with Gasteiger partial charge in [0.05, 0.1) is 13.2 Å². The van der Waals surface area contributed by atoms with Crippen LogP contribution in [-0.4, -0.2) is 44.8 Å². The van der Waals surface area contributed by atoms with E-state index in [4.69, 9.17) is 21.1 Å². The zero-order valence-electron chi connectivity index (χ0n) is 10.7. The molecule has 0 fully saturated rings. The van der Waals surface area contributed by atoms with Crippen LogP contribution >= 0.6 is 11.6 Å². The summed E-state index contributed by atoms with van der Waals surface area (Å²) in [5, 5.41) is 0.671. The average Bonchev–Trinajstić information content (AvgIpc) is 2.34. The van der Waals surface area contributed by atoms with Crippen molar-refractivity contribution in [1.29, 1.82) is 0 Å². The van der Waals surface area contributed by atoms with Crippen molar-refractivity contribution in [2.75, 3.05) is 34.0 Å². The van der Waals surface area contributed by atoms with E-state index in [1.54, 1.807) is 25.1 Å². The van der Waals surface area contributed by atoms with Gasteiger partial charge in [-0.25, -0.2) is 0 Å². The van der Waals surface area contributed by atoms with Crippen LogP contribution in [-0.2, 0) is 20.8 Å². The van der Waals surface area contributed by atoms with E-state index in [1.807, 2.05) is 18.2 Å². The number of carbonyl (C=O) groups is 1. The fourth-order valence-electron chi connectivity index (χ4n) is 1.41. The summed E-state index contributed by atoms with van der Waals surface area (Å²) in [5.74, 6) is -0.0638. The van der Waals surface area contributed by atoms with Crippen LogP contribution in [0.4, 0.5) is 0 Å². The molecule has 0 radical (unpaired) electrons. The van der Waals surface area contributed by atoms with Crippen LogP contribution in [0.3, 0.4) is 0 Å². The van der Waals surface area contributed by atoms with Crippen molar-refractivity contribution < 1.29 is 14.3 Å². The highest BCUT2D eigenvalue weighted by atomic mass is 35.5. The van der Waals surface area contributed by atoms with Gasteiger partial charge in [-0.1, -0.05) is 23.7 Å². The molecule has 1 aromatic carbocycles. The third-order valence-electron chi connectivity index (χ3n) is 2.39. The molecular weight excluding hydrogens is 254 g/mol. The lowest BCUT2D eigenvalue weighted by Gasteiger charge is -2.17. The number of methoxy groups -OCH3 is 1. The highest BCUT2D eigenvalue weighted by Crippen LogP contribution is 2.12. The van der Waals surface area contributed by atoms with Gasteiger partial charge >= 0.3 is 0 Å². The predicted octanol–water partition coefficient (Wildman–Crippen LogP) is 1.96. The van der Waals surface area contributed by atoms with Crippen molar-refractivity contribution in [3.8, 4) is 0 Å². The van der Waals surface area contributed by atoms with Crippen molar-refractivity contribution in [3.63, 3.8) is 0 Å². The van der Waals surface area contributed by atoms with Gasteiger partial charge in [0.25, 0.3) is 0 Å². The molecule has 4 nitrogen and oxygen atoms in total. The SMILES string of the molecule is COCCOCC(=O)N(C)Cc1cccc(Cl)c1. The Morgan fingerprint density at radius 2 is 2.17 bits per heavy atom. The van der Waals surface area contributed by atoms with Gasteiger partial charge < -0.3 is 14.4 Å². The number of rotatable bonds is 7. The maximum Gasteiger partial charge on any atom is 0.248 e. The van der Waals surface area contributed by atoms with E-state index in [1.165, 1.54) is 0 Å². The summed E-state index contributed by atoms with van der Waals surface area (Å²) in [5.41, 5.74) is 0.996. The third-order valence-corrected chi connectivity index (χ3v) is 2.63. The molecule has 0 bridgehead atoms. The summed E-state index contributed by atoms with van der Waals surface area (Å²) in [6.45, 7) is 1.51. The molecule has 0 aromatic heterocycles. The van der Waals surface area contributed by atoms with Gasteiger partial charge in [-0.2, -0.15) is 0 Å². The van der Waals surface area contributed by atoms with E-state index < -0.39 is 0 Å². The summed E-state index contributed by atoms with van der Waals surface area (Å²) in [6, 6.07) is 7.45. The Labute approximate surface area is 112 Å². The Kier molecular flexibility index (Phi) is 6.72. The molecule has 0 aliphatic rings. The minimum atomic E-state index is -0.0638. The van der Waals surface area contributed by atoms with E-state index in [9.17, 15) is 4.79 Å². The van der Waals surface area contributed by atoms with Crippen molar-refractivity contribution >= 4 is 17.5 Å². The number of likely N-dealkylation sites (N-methyl/N-ethyl adjacent to an activating group) is 1. The highest BCUT2D eigenvalue weighted by Gasteiger charge is 2.09. The standard InChI is InChI=1S/C13H18ClNO3/c1-15(13(16)10-18-7-6-17-2)9-11-4-3-5-12(14)8-11/h3-5,8H,6-7,9-10H2,1-2H3. The van der Waals surface area contributed by atoms with Crippen molar-refractivity contribution in [2.45, 2.75) is 6.54 Å². The smallest absolute Gasteiger partial charge is 0.248 e. The van der Waals surface area contributed by atoms with Crippen LogP contribution in [0.1, 0.15) is 5.56 Å². The first kappa shape index (κ1) is 15.0. The first-order valence-corrected chi connectivity index (χ1v) is 6.06. The van der Waals surface area contributed by atoms with Gasteiger partial charge in [-0.05, 0) is 17.7 Å². The number of amides is 1. The average molecular weight is 272 g/mol. The van der Waals surface area contributed by atoms with Gasteiger partial charge in [-0.3, -0.25) is 4.79 Å². The van der Waals surface area contributed by atoms with Gasteiger partial charge in [0, 0.05) is 25.7 Å². The number of ether oxygens (including phenoxy) is 2. The molecule has 0 aliphatic carbocycles. The van der Waals surface area contributed by atoms with E-state index >= 15 is 0 Å². The zero-order valence-corrected chi connectivity index (χ0v) is 11.4. The van der Waals surface area contributed by atoms with Crippen molar-refractivity contribution in [2.24, 2.45) is 0 Å². The minimum absolute atomic E-state index is 0.0638. The summed E-state index contributed by atoms with van der Waals surface area (Å²) in [6.07, 6.45) is 0. The Morgan fingerprint density at radius 1 is 1.39 bits per heavy atom. The Morgan fingerprint density at radius 3 is 2.83 bits per heavy atom. The monoisotopic (exact) mass is 271 g/mol. The molecular formula is C13H18ClNO3. The highest BCUT2D eigenvalue weighted by molar-refractivity contribution is 6.30. The lowest BCUT2D eigenvalue weighted by atomic mass is 10.2. The van der Waals surface area contributed by atoms with Crippen molar-refractivity contribution in [3.05, 3.63) is 34.9 Å². The fraction of sp³-hybridized carbons (Fsp3) is 0.462. The third kappa shape index (κ3) is 5.49. The maximum absolute atomic E-state index is 11.7. The number of halogens is 1. The second-order valence-electron chi connectivity index (χ2n) is 3.93. The second kappa shape index (κ2) is 8.08. The number of hydrogen-bond acceptors (Lipinski definition) is 3.